The van der Waals surface area contributed by atoms with Crippen LogP contribution in [0.5, 0.6) is 5.75 Å². The Morgan fingerprint density at radius 3 is 2.83 bits per heavy atom. The fourth-order valence-corrected chi connectivity index (χ4v) is 3.07. The fraction of sp³-hybridized carbons (Fsp3) is 0.312. The molecule has 0 saturated carbocycles. The Hall–Kier alpha value is -2.41. The number of aryl methyl sites for hydroxylation is 1. The van der Waals surface area contributed by atoms with E-state index >= 15 is 0 Å². The minimum Gasteiger partial charge on any atom is -0.497 e. The maximum atomic E-state index is 12.0. The van der Waals surface area contributed by atoms with E-state index in [1.54, 1.807) is 11.8 Å². The molecule has 0 aliphatic heterocycles. The van der Waals surface area contributed by atoms with Gasteiger partial charge in [0.2, 0.25) is 11.0 Å². The zero-order chi connectivity index (χ0) is 16.6. The summed E-state index contributed by atoms with van der Waals surface area (Å²) in [5, 5.41) is 8.06. The van der Waals surface area contributed by atoms with Crippen molar-refractivity contribution in [1.29, 1.82) is 0 Å². The second-order valence-corrected chi connectivity index (χ2v) is 6.57. The van der Waals surface area contributed by atoms with Crippen LogP contribution in [0.25, 0.3) is 15.3 Å². The number of aromatic nitrogens is 3. The minimum absolute atomic E-state index is 0.0473. The highest BCUT2D eigenvalue weighted by Gasteiger charge is 2.16. The van der Waals surface area contributed by atoms with Crippen molar-refractivity contribution in [2.45, 2.75) is 20.8 Å². The third-order valence-corrected chi connectivity index (χ3v) is 4.37. The smallest absolute Gasteiger partial charge is 0.228 e. The molecule has 1 amide bonds. The van der Waals surface area contributed by atoms with Crippen LogP contribution in [0.3, 0.4) is 0 Å². The van der Waals surface area contributed by atoms with Crippen molar-refractivity contribution in [3.05, 3.63) is 30.0 Å². The van der Waals surface area contributed by atoms with Gasteiger partial charge in [-0.25, -0.2) is 4.98 Å². The normalized spacial score (nSPS) is 11.2. The van der Waals surface area contributed by atoms with Gasteiger partial charge in [0.1, 0.15) is 11.6 Å². The number of thiazole rings is 1. The Balaban J connectivity index is 2.02. The molecule has 0 aliphatic carbocycles. The van der Waals surface area contributed by atoms with Crippen LogP contribution in [0.15, 0.2) is 24.3 Å². The molecule has 2 aromatic heterocycles. The third-order valence-electron chi connectivity index (χ3n) is 3.37. The average molecular weight is 330 g/mol. The topological polar surface area (TPSA) is 69.0 Å². The van der Waals surface area contributed by atoms with Crippen molar-refractivity contribution in [3.63, 3.8) is 0 Å². The van der Waals surface area contributed by atoms with Crippen LogP contribution < -0.4 is 10.1 Å². The molecule has 2 heterocycles. The second kappa shape index (κ2) is 6.00. The number of fused-ring (bicyclic) bond motifs is 1. The van der Waals surface area contributed by atoms with E-state index < -0.39 is 0 Å². The molecule has 3 rings (SSSR count). The summed E-state index contributed by atoms with van der Waals surface area (Å²) in [7, 11) is 1.64. The molecule has 120 valence electrons. The van der Waals surface area contributed by atoms with Gasteiger partial charge in [-0.05, 0) is 25.1 Å². The first-order valence-electron chi connectivity index (χ1n) is 7.30. The molecule has 23 heavy (non-hydrogen) atoms. The standard InChI is InChI=1S/C16H18N4O2S/c1-9(2)15(21)18-14-7-10(3)19-20(14)16-17-12-6-5-11(22-4)8-13(12)23-16/h5-9H,1-4H3,(H,18,21). The number of anilines is 1. The van der Waals surface area contributed by atoms with Gasteiger partial charge in [0, 0.05) is 12.0 Å². The first kappa shape index (κ1) is 15.5. The summed E-state index contributed by atoms with van der Waals surface area (Å²) in [5.74, 6) is 1.28. The van der Waals surface area contributed by atoms with Gasteiger partial charge < -0.3 is 10.1 Å². The Morgan fingerprint density at radius 2 is 2.13 bits per heavy atom. The maximum Gasteiger partial charge on any atom is 0.228 e. The lowest BCUT2D eigenvalue weighted by Gasteiger charge is -2.08. The number of rotatable bonds is 4. The number of benzene rings is 1. The SMILES string of the molecule is COc1ccc2nc(-n3nc(C)cc3NC(=O)C(C)C)sc2c1. The van der Waals surface area contributed by atoms with E-state index in [1.807, 2.05) is 45.0 Å². The molecular formula is C16H18N4O2S. The molecule has 7 heteroatoms. The summed E-state index contributed by atoms with van der Waals surface area (Å²) in [6.07, 6.45) is 0. The fourth-order valence-electron chi connectivity index (χ4n) is 2.12. The van der Waals surface area contributed by atoms with Gasteiger partial charge in [-0.2, -0.15) is 9.78 Å². The number of ether oxygens (including phenoxy) is 1. The second-order valence-electron chi connectivity index (χ2n) is 5.56. The van der Waals surface area contributed by atoms with Crippen molar-refractivity contribution in [2.75, 3.05) is 12.4 Å². The lowest BCUT2D eigenvalue weighted by Crippen LogP contribution is -2.19. The van der Waals surface area contributed by atoms with Crippen molar-refractivity contribution < 1.29 is 9.53 Å². The zero-order valence-corrected chi connectivity index (χ0v) is 14.3. The van der Waals surface area contributed by atoms with Gasteiger partial charge in [-0.1, -0.05) is 25.2 Å². The molecule has 0 saturated heterocycles. The van der Waals surface area contributed by atoms with Crippen LogP contribution in [0.4, 0.5) is 5.82 Å². The molecular weight excluding hydrogens is 312 g/mol. The Kier molecular flexibility index (Phi) is 4.04. The summed E-state index contributed by atoms with van der Waals surface area (Å²) < 4.78 is 7.92. The molecule has 6 nitrogen and oxygen atoms in total. The van der Waals surface area contributed by atoms with Crippen LogP contribution in [0.1, 0.15) is 19.5 Å². The van der Waals surface area contributed by atoms with E-state index in [2.05, 4.69) is 15.4 Å². The van der Waals surface area contributed by atoms with Gasteiger partial charge in [-0.3, -0.25) is 4.79 Å². The molecule has 0 spiro atoms. The highest BCUT2D eigenvalue weighted by Crippen LogP contribution is 2.30. The summed E-state index contributed by atoms with van der Waals surface area (Å²) in [5.41, 5.74) is 1.70. The zero-order valence-electron chi connectivity index (χ0n) is 13.5. The van der Waals surface area contributed by atoms with Gasteiger partial charge >= 0.3 is 0 Å². The number of nitrogens with zero attached hydrogens (tertiary/aromatic N) is 3. The first-order chi connectivity index (χ1) is 11.0. The van der Waals surface area contributed by atoms with Gasteiger partial charge in [0.05, 0.1) is 23.0 Å². The van der Waals surface area contributed by atoms with Crippen LogP contribution in [-0.2, 0) is 4.79 Å². The predicted molar refractivity (Wildman–Crippen MR) is 91.5 cm³/mol. The number of methoxy groups -OCH3 is 1. The van der Waals surface area contributed by atoms with Crippen molar-refractivity contribution in [1.82, 2.24) is 14.8 Å². The lowest BCUT2D eigenvalue weighted by atomic mass is 10.2. The highest BCUT2D eigenvalue weighted by molar-refractivity contribution is 7.20. The number of carbonyl (C=O) groups excluding carboxylic acids is 1. The average Bonchev–Trinajstić information content (AvgIpc) is 3.09. The van der Waals surface area contributed by atoms with E-state index in [0.29, 0.717) is 10.9 Å². The minimum atomic E-state index is -0.0988. The molecule has 0 unspecified atom stereocenters. The number of amides is 1. The number of hydrogen-bond acceptors (Lipinski definition) is 5. The molecule has 0 aliphatic rings. The van der Waals surface area contributed by atoms with Crippen LogP contribution >= 0.6 is 11.3 Å². The number of carbonyl (C=O) groups is 1. The Labute approximate surface area is 138 Å². The van der Waals surface area contributed by atoms with Crippen molar-refractivity contribution in [2.24, 2.45) is 5.92 Å². The van der Waals surface area contributed by atoms with E-state index in [0.717, 1.165) is 21.7 Å². The largest absolute Gasteiger partial charge is 0.497 e. The summed E-state index contributed by atoms with van der Waals surface area (Å²) in [6.45, 7) is 5.59. The third kappa shape index (κ3) is 3.05. The van der Waals surface area contributed by atoms with Crippen LogP contribution in [-0.4, -0.2) is 27.8 Å². The van der Waals surface area contributed by atoms with E-state index in [4.69, 9.17) is 4.74 Å². The summed E-state index contributed by atoms with van der Waals surface area (Å²) in [6, 6.07) is 7.57. The molecule has 0 radical (unpaired) electrons. The van der Waals surface area contributed by atoms with E-state index in [1.165, 1.54) is 11.3 Å². The van der Waals surface area contributed by atoms with Crippen LogP contribution in [0, 0.1) is 12.8 Å². The van der Waals surface area contributed by atoms with Gasteiger partial charge in [0.15, 0.2) is 0 Å². The monoisotopic (exact) mass is 330 g/mol. The van der Waals surface area contributed by atoms with Crippen molar-refractivity contribution in [3.8, 4) is 10.9 Å². The first-order valence-corrected chi connectivity index (χ1v) is 8.12. The Morgan fingerprint density at radius 1 is 1.35 bits per heavy atom. The molecule has 1 aromatic carbocycles. The van der Waals surface area contributed by atoms with Crippen LogP contribution in [0.2, 0.25) is 0 Å². The predicted octanol–water partition coefficient (Wildman–Crippen LogP) is 3.39. The van der Waals surface area contributed by atoms with Gasteiger partial charge in [-0.15, -0.1) is 0 Å². The number of nitrogens with one attached hydrogen (secondary N) is 1. The quantitative estimate of drug-likeness (QED) is 0.796. The molecule has 0 bridgehead atoms. The van der Waals surface area contributed by atoms with E-state index in [9.17, 15) is 4.79 Å². The highest BCUT2D eigenvalue weighted by atomic mass is 32.1. The molecule has 3 aromatic rings. The summed E-state index contributed by atoms with van der Waals surface area (Å²) >= 11 is 1.50. The van der Waals surface area contributed by atoms with E-state index in [-0.39, 0.29) is 11.8 Å². The molecule has 1 N–H and O–H groups in total. The van der Waals surface area contributed by atoms with Gasteiger partial charge in [0.25, 0.3) is 0 Å². The number of hydrogen-bond donors (Lipinski definition) is 1. The molecule has 0 atom stereocenters. The maximum absolute atomic E-state index is 12.0. The van der Waals surface area contributed by atoms with Crippen molar-refractivity contribution >= 4 is 33.3 Å². The Bertz CT molecular complexity index is 866. The lowest BCUT2D eigenvalue weighted by molar-refractivity contribution is -0.118. The molecule has 0 fully saturated rings. The summed E-state index contributed by atoms with van der Waals surface area (Å²) in [4.78, 5) is 16.6.